The van der Waals surface area contributed by atoms with Crippen LogP contribution in [0.5, 0.6) is 0 Å². The van der Waals surface area contributed by atoms with Crippen molar-refractivity contribution < 1.29 is 14.7 Å². The predicted molar refractivity (Wildman–Crippen MR) is 124 cm³/mol. The third-order valence-electron chi connectivity index (χ3n) is 6.48. The van der Waals surface area contributed by atoms with Gasteiger partial charge in [0.05, 0.1) is 0 Å². The zero-order valence-electron chi connectivity index (χ0n) is 18.3. The summed E-state index contributed by atoms with van der Waals surface area (Å²) in [5.74, 6) is -0.992. The molecule has 1 aliphatic rings. The number of amides is 1. The number of nitrogens with one attached hydrogen (secondary N) is 1. The van der Waals surface area contributed by atoms with Crippen molar-refractivity contribution in [1.82, 2.24) is 5.32 Å². The van der Waals surface area contributed by atoms with Gasteiger partial charge in [-0.15, -0.1) is 0 Å². The Morgan fingerprint density at radius 2 is 1.32 bits per heavy atom. The van der Waals surface area contributed by atoms with E-state index in [0.717, 1.165) is 32.1 Å². The van der Waals surface area contributed by atoms with Gasteiger partial charge in [-0.2, -0.15) is 0 Å². The van der Waals surface area contributed by atoms with Crippen LogP contribution in [0, 0.1) is 5.92 Å². The second-order valence-electron chi connectivity index (χ2n) is 8.78. The molecule has 0 spiro atoms. The summed E-state index contributed by atoms with van der Waals surface area (Å²) in [6.45, 7) is 0. The molecule has 2 aromatic carbocycles. The summed E-state index contributed by atoms with van der Waals surface area (Å²) in [4.78, 5) is 25.2. The Balaban J connectivity index is 1.77. The van der Waals surface area contributed by atoms with Gasteiger partial charge in [0.1, 0.15) is 0 Å². The molecule has 2 N–H and O–H groups in total. The van der Waals surface area contributed by atoms with Crippen molar-refractivity contribution >= 4 is 11.9 Å². The summed E-state index contributed by atoms with van der Waals surface area (Å²) < 4.78 is 0. The first kappa shape index (κ1) is 23.1. The number of carboxylic acid groups (broad SMARTS) is 1. The van der Waals surface area contributed by atoms with Crippen LogP contribution in [0.2, 0.25) is 0 Å². The standard InChI is InChI=1S/C27H35NO3/c29-26(28-25(27(30)31)22-16-12-7-13-17-22)24-19-9-5-3-1-2-4-8-18-23(20-24)21-14-10-6-11-15-21/h6-7,10-17,23-25H,1-5,8-9,18-20H2,(H,28,29)(H,30,31). The summed E-state index contributed by atoms with van der Waals surface area (Å²) in [6.07, 6.45) is 11.0. The Kier molecular flexibility index (Phi) is 9.14. The molecule has 1 aliphatic carbocycles. The lowest BCUT2D eigenvalue weighted by atomic mass is 9.82. The van der Waals surface area contributed by atoms with Crippen LogP contribution >= 0.6 is 0 Å². The summed E-state index contributed by atoms with van der Waals surface area (Å²) in [5, 5.41) is 12.6. The van der Waals surface area contributed by atoms with Crippen LogP contribution in [0.4, 0.5) is 0 Å². The van der Waals surface area contributed by atoms with E-state index in [1.165, 1.54) is 37.7 Å². The van der Waals surface area contributed by atoms with Gasteiger partial charge in [0.2, 0.25) is 5.91 Å². The first-order valence-electron chi connectivity index (χ1n) is 11.8. The minimum absolute atomic E-state index is 0.130. The minimum Gasteiger partial charge on any atom is -0.479 e. The van der Waals surface area contributed by atoms with E-state index < -0.39 is 12.0 Å². The number of hydrogen-bond donors (Lipinski definition) is 2. The van der Waals surface area contributed by atoms with Crippen LogP contribution in [0.1, 0.15) is 87.3 Å². The lowest BCUT2D eigenvalue weighted by Gasteiger charge is -2.26. The van der Waals surface area contributed by atoms with E-state index in [1.807, 2.05) is 12.1 Å². The molecule has 0 bridgehead atoms. The summed E-state index contributed by atoms with van der Waals surface area (Å²) in [7, 11) is 0. The van der Waals surface area contributed by atoms with Crippen molar-refractivity contribution in [2.45, 2.75) is 76.2 Å². The number of carbonyl (C=O) groups is 2. The van der Waals surface area contributed by atoms with Crippen molar-refractivity contribution in [3.05, 3.63) is 71.8 Å². The molecule has 4 heteroatoms. The molecule has 0 saturated heterocycles. The molecule has 1 amide bonds. The zero-order valence-corrected chi connectivity index (χ0v) is 18.3. The fourth-order valence-corrected chi connectivity index (χ4v) is 4.70. The first-order valence-corrected chi connectivity index (χ1v) is 11.8. The maximum atomic E-state index is 13.3. The van der Waals surface area contributed by atoms with Gasteiger partial charge in [0.25, 0.3) is 0 Å². The van der Waals surface area contributed by atoms with E-state index in [4.69, 9.17) is 0 Å². The van der Waals surface area contributed by atoms with Gasteiger partial charge in [-0.1, -0.05) is 106 Å². The van der Waals surface area contributed by atoms with Crippen LogP contribution in [0.3, 0.4) is 0 Å². The van der Waals surface area contributed by atoms with Crippen LogP contribution in [-0.2, 0) is 9.59 Å². The van der Waals surface area contributed by atoms with Gasteiger partial charge in [0.15, 0.2) is 6.04 Å². The molecular weight excluding hydrogens is 386 g/mol. The molecule has 1 fully saturated rings. The van der Waals surface area contributed by atoms with Crippen molar-refractivity contribution in [3.63, 3.8) is 0 Å². The van der Waals surface area contributed by atoms with Crippen LogP contribution in [0.25, 0.3) is 0 Å². The van der Waals surface area contributed by atoms with E-state index >= 15 is 0 Å². The fourth-order valence-electron chi connectivity index (χ4n) is 4.70. The topological polar surface area (TPSA) is 66.4 Å². The van der Waals surface area contributed by atoms with Gasteiger partial charge in [-0.3, -0.25) is 4.79 Å². The second-order valence-corrected chi connectivity index (χ2v) is 8.78. The van der Waals surface area contributed by atoms with Crippen molar-refractivity contribution in [1.29, 1.82) is 0 Å². The van der Waals surface area contributed by atoms with E-state index in [9.17, 15) is 14.7 Å². The molecule has 3 atom stereocenters. The number of carbonyl (C=O) groups excluding carboxylic acids is 1. The number of carboxylic acids is 1. The van der Waals surface area contributed by atoms with Crippen molar-refractivity contribution in [2.75, 3.05) is 0 Å². The molecule has 31 heavy (non-hydrogen) atoms. The lowest BCUT2D eigenvalue weighted by molar-refractivity contribution is -0.142. The van der Waals surface area contributed by atoms with Crippen LogP contribution in [-0.4, -0.2) is 17.0 Å². The maximum absolute atomic E-state index is 13.3. The number of rotatable bonds is 5. The highest BCUT2D eigenvalue weighted by Gasteiger charge is 2.28. The van der Waals surface area contributed by atoms with E-state index in [-0.39, 0.29) is 11.8 Å². The Hall–Kier alpha value is -2.62. The molecule has 166 valence electrons. The molecule has 0 aliphatic heterocycles. The Labute approximate surface area is 186 Å². The SMILES string of the molecule is O=C(NC(C(=O)O)c1ccccc1)C1CCCCCCCCCC(c2ccccc2)C1. The van der Waals surface area contributed by atoms with Gasteiger partial charge >= 0.3 is 5.97 Å². The summed E-state index contributed by atoms with van der Waals surface area (Å²) in [6, 6.07) is 18.4. The third-order valence-corrected chi connectivity index (χ3v) is 6.48. The molecule has 3 unspecified atom stereocenters. The van der Waals surface area contributed by atoms with E-state index in [0.29, 0.717) is 11.5 Å². The largest absolute Gasteiger partial charge is 0.479 e. The molecule has 3 rings (SSSR count). The Bertz CT molecular complexity index is 806. The smallest absolute Gasteiger partial charge is 0.330 e. The van der Waals surface area contributed by atoms with Gasteiger partial charge in [0, 0.05) is 5.92 Å². The average molecular weight is 422 g/mol. The van der Waals surface area contributed by atoms with Gasteiger partial charge in [-0.25, -0.2) is 4.79 Å². The zero-order chi connectivity index (χ0) is 21.9. The highest BCUT2D eigenvalue weighted by molar-refractivity contribution is 5.85. The Morgan fingerprint density at radius 3 is 1.94 bits per heavy atom. The van der Waals surface area contributed by atoms with E-state index in [2.05, 4.69) is 29.6 Å². The van der Waals surface area contributed by atoms with E-state index in [1.54, 1.807) is 24.3 Å². The lowest BCUT2D eigenvalue weighted by Crippen LogP contribution is -2.38. The summed E-state index contributed by atoms with van der Waals surface area (Å²) >= 11 is 0. The molecular formula is C27H35NO3. The minimum atomic E-state index is -1.02. The highest BCUT2D eigenvalue weighted by atomic mass is 16.4. The molecule has 4 nitrogen and oxygen atoms in total. The second kappa shape index (κ2) is 12.3. The van der Waals surface area contributed by atoms with Crippen LogP contribution < -0.4 is 5.32 Å². The predicted octanol–water partition coefficient (Wildman–Crippen LogP) is 6.24. The Morgan fingerprint density at radius 1 is 0.774 bits per heavy atom. The average Bonchev–Trinajstić information content (AvgIpc) is 2.78. The third kappa shape index (κ3) is 7.23. The monoisotopic (exact) mass is 421 g/mol. The fraction of sp³-hybridized carbons (Fsp3) is 0.481. The number of hydrogen-bond acceptors (Lipinski definition) is 2. The number of benzene rings is 2. The molecule has 2 aromatic rings. The first-order chi connectivity index (χ1) is 15.1. The molecule has 0 radical (unpaired) electrons. The van der Waals surface area contributed by atoms with Gasteiger partial charge < -0.3 is 10.4 Å². The molecule has 0 heterocycles. The quantitative estimate of drug-likeness (QED) is 0.600. The van der Waals surface area contributed by atoms with Crippen LogP contribution in [0.15, 0.2) is 60.7 Å². The number of aliphatic carboxylic acids is 1. The normalized spacial score (nSPS) is 21.8. The summed E-state index contributed by atoms with van der Waals surface area (Å²) in [5.41, 5.74) is 1.89. The van der Waals surface area contributed by atoms with Gasteiger partial charge in [-0.05, 0) is 36.3 Å². The molecule has 1 saturated carbocycles. The molecule has 0 aromatic heterocycles. The van der Waals surface area contributed by atoms with Crippen molar-refractivity contribution in [3.8, 4) is 0 Å². The van der Waals surface area contributed by atoms with Crippen molar-refractivity contribution in [2.24, 2.45) is 5.92 Å². The highest BCUT2D eigenvalue weighted by Crippen LogP contribution is 2.33. The maximum Gasteiger partial charge on any atom is 0.330 e.